The van der Waals surface area contributed by atoms with Crippen LogP contribution in [0.3, 0.4) is 0 Å². The summed E-state index contributed by atoms with van der Waals surface area (Å²) in [4.78, 5) is 26.0. The number of alkyl halides is 3. The average Bonchev–Trinajstić information content (AvgIpc) is 3.29. The van der Waals surface area contributed by atoms with Crippen LogP contribution in [0.1, 0.15) is 29.8 Å². The number of hydrogen-bond donors (Lipinski definition) is 2. The molecule has 8 nitrogen and oxygen atoms in total. The van der Waals surface area contributed by atoms with E-state index in [9.17, 15) is 31.5 Å². The Morgan fingerprint density at radius 2 is 1.78 bits per heavy atom. The quantitative estimate of drug-likeness (QED) is 0.270. The monoisotopic (exact) mass is 574 g/mol. The van der Waals surface area contributed by atoms with Gasteiger partial charge in [0, 0.05) is 31.0 Å². The van der Waals surface area contributed by atoms with E-state index in [0.29, 0.717) is 33.6 Å². The molecule has 0 unspecified atom stereocenters. The van der Waals surface area contributed by atoms with Gasteiger partial charge in [0.1, 0.15) is 30.1 Å². The molecule has 2 aromatic heterocycles. The lowest BCUT2D eigenvalue weighted by Crippen LogP contribution is -2.34. The number of carbonyl (C=O) groups excluding carboxylic acids is 1. The molecule has 0 fully saturated rings. The normalized spacial score (nSPS) is 11.7. The number of nitrogens with one attached hydrogen (secondary N) is 2. The van der Waals surface area contributed by atoms with Gasteiger partial charge in [0.05, 0.1) is 0 Å². The first-order valence-electron chi connectivity index (χ1n) is 12.6. The zero-order valence-electron chi connectivity index (χ0n) is 22.4. The Morgan fingerprint density at radius 1 is 1.02 bits per heavy atom. The molecule has 13 heteroatoms. The van der Waals surface area contributed by atoms with Gasteiger partial charge in [-0.3, -0.25) is 9.59 Å². The summed E-state index contributed by atoms with van der Waals surface area (Å²) >= 11 is 0. The van der Waals surface area contributed by atoms with E-state index in [0.717, 1.165) is 12.3 Å². The van der Waals surface area contributed by atoms with E-state index in [4.69, 9.17) is 0 Å². The van der Waals surface area contributed by atoms with E-state index >= 15 is 0 Å². The van der Waals surface area contributed by atoms with Crippen molar-refractivity contribution in [3.63, 3.8) is 0 Å². The Kier molecular flexibility index (Phi) is 8.66. The van der Waals surface area contributed by atoms with Crippen LogP contribution in [-0.2, 0) is 20.1 Å². The maximum Gasteiger partial charge on any atom is 0.406 e. The van der Waals surface area contributed by atoms with Gasteiger partial charge >= 0.3 is 6.18 Å². The molecule has 0 radical (unpaired) electrons. The number of halogens is 5. The number of carbonyl (C=O) groups is 1. The first-order chi connectivity index (χ1) is 19.3. The summed E-state index contributed by atoms with van der Waals surface area (Å²) in [5.74, 6) is -1.76. The number of nitrogens with zero attached hydrogens (tertiary/aromatic N) is 4. The molecule has 1 amide bonds. The Bertz CT molecular complexity index is 1630. The van der Waals surface area contributed by atoms with Crippen LogP contribution in [0.25, 0.3) is 22.5 Å². The molecule has 0 aliphatic carbocycles. The molecule has 2 heterocycles. The molecule has 216 valence electrons. The molecule has 2 aromatic carbocycles. The fourth-order valence-electron chi connectivity index (χ4n) is 4.27. The van der Waals surface area contributed by atoms with Crippen molar-refractivity contribution in [2.24, 2.45) is 13.0 Å². The van der Waals surface area contributed by atoms with E-state index in [1.54, 1.807) is 11.6 Å². The maximum absolute atomic E-state index is 14.7. The van der Waals surface area contributed by atoms with E-state index in [1.807, 2.05) is 13.8 Å². The van der Waals surface area contributed by atoms with Crippen molar-refractivity contribution in [1.29, 1.82) is 0 Å². The first kappa shape index (κ1) is 29.6. The molecule has 4 rings (SSSR count). The molecular weight excluding hydrogens is 547 g/mol. The molecule has 4 aromatic rings. The number of aryl methyl sites for hydroxylation is 1. The van der Waals surface area contributed by atoms with Gasteiger partial charge in [0.15, 0.2) is 5.82 Å². The second-order valence-corrected chi connectivity index (χ2v) is 9.97. The third-order valence-electron chi connectivity index (χ3n) is 6.02. The summed E-state index contributed by atoms with van der Waals surface area (Å²) < 4.78 is 70.4. The third kappa shape index (κ3) is 7.42. The van der Waals surface area contributed by atoms with Gasteiger partial charge in [0.2, 0.25) is 0 Å². The maximum atomic E-state index is 14.7. The van der Waals surface area contributed by atoms with Crippen molar-refractivity contribution in [2.75, 3.05) is 11.9 Å². The predicted molar refractivity (Wildman–Crippen MR) is 143 cm³/mol. The fraction of sp³-hybridized carbons (Fsp3) is 0.286. The number of benzene rings is 2. The Balaban J connectivity index is 1.70. The van der Waals surface area contributed by atoms with Gasteiger partial charge in [-0.15, -0.1) is 10.2 Å². The standard InChI is InChI=1S/C28H27F5N6O2/c1-16(2)11-34-12-17-6-24(27(41)39(13-17)14-28(31,32)33)26(40)36-21-8-18(7-20(30)9-21)22-5-4-19(29)10-23(22)25-37-35-15-38(25)3/h4-10,13,15-16,34H,11-12,14H2,1-3H3,(H,36,40). The highest BCUT2D eigenvalue weighted by Crippen LogP contribution is 2.33. The molecule has 0 spiro atoms. The predicted octanol–water partition coefficient (Wildman–Crippen LogP) is 5.15. The van der Waals surface area contributed by atoms with Crippen LogP contribution >= 0.6 is 0 Å². The molecule has 2 N–H and O–H groups in total. The number of rotatable bonds is 9. The minimum absolute atomic E-state index is 0.0663. The molecule has 0 saturated carbocycles. The van der Waals surface area contributed by atoms with Crippen LogP contribution in [0, 0.1) is 17.6 Å². The molecule has 0 atom stereocenters. The van der Waals surface area contributed by atoms with E-state index < -0.39 is 41.4 Å². The molecule has 0 aliphatic rings. The lowest BCUT2D eigenvalue weighted by molar-refractivity contribution is -0.141. The van der Waals surface area contributed by atoms with Gasteiger partial charge in [-0.1, -0.05) is 19.9 Å². The molecule has 0 bridgehead atoms. The topological polar surface area (TPSA) is 93.8 Å². The largest absolute Gasteiger partial charge is 0.406 e. The fourth-order valence-corrected chi connectivity index (χ4v) is 4.27. The number of amides is 1. The second-order valence-electron chi connectivity index (χ2n) is 9.97. The van der Waals surface area contributed by atoms with E-state index in [2.05, 4.69) is 20.8 Å². The third-order valence-corrected chi connectivity index (χ3v) is 6.02. The molecule has 0 saturated heterocycles. The van der Waals surface area contributed by atoms with Crippen molar-refractivity contribution in [3.05, 3.63) is 88.1 Å². The molecular formula is C28H27F5N6O2. The Hall–Kier alpha value is -4.39. The number of aromatic nitrogens is 4. The summed E-state index contributed by atoms with van der Waals surface area (Å²) in [6.07, 6.45) is -2.23. The van der Waals surface area contributed by atoms with E-state index in [-0.39, 0.29) is 23.7 Å². The highest BCUT2D eigenvalue weighted by molar-refractivity contribution is 6.04. The summed E-state index contributed by atoms with van der Waals surface area (Å²) in [6.45, 7) is 3.00. The highest BCUT2D eigenvalue weighted by atomic mass is 19.4. The van der Waals surface area contributed by atoms with Crippen LogP contribution in [0.5, 0.6) is 0 Å². The van der Waals surface area contributed by atoms with Gasteiger partial charge in [-0.25, -0.2) is 8.78 Å². The van der Waals surface area contributed by atoms with Crippen molar-refractivity contribution in [2.45, 2.75) is 33.1 Å². The second kappa shape index (κ2) is 12.0. The minimum Gasteiger partial charge on any atom is -0.322 e. The van der Waals surface area contributed by atoms with Gasteiger partial charge in [0.25, 0.3) is 11.5 Å². The van der Waals surface area contributed by atoms with Crippen LogP contribution < -0.4 is 16.2 Å². The van der Waals surface area contributed by atoms with Gasteiger partial charge < -0.3 is 19.8 Å². The van der Waals surface area contributed by atoms with Crippen LogP contribution in [0.2, 0.25) is 0 Å². The lowest BCUT2D eigenvalue weighted by atomic mass is 9.98. The van der Waals surface area contributed by atoms with Crippen LogP contribution in [0.4, 0.5) is 27.6 Å². The zero-order valence-corrected chi connectivity index (χ0v) is 22.4. The Labute approximate surface area is 231 Å². The number of pyridine rings is 1. The first-order valence-corrected chi connectivity index (χ1v) is 12.6. The SMILES string of the molecule is CC(C)CNCc1cc(C(=O)Nc2cc(F)cc(-c3ccc(F)cc3-c3nncn3C)c2)c(=O)n(CC(F)(F)F)c1. The highest BCUT2D eigenvalue weighted by Gasteiger charge is 2.29. The molecule has 0 aliphatic heterocycles. The lowest BCUT2D eigenvalue weighted by Gasteiger charge is -2.15. The summed E-state index contributed by atoms with van der Waals surface area (Å²) in [6, 6.07) is 8.59. The smallest absolute Gasteiger partial charge is 0.322 e. The summed E-state index contributed by atoms with van der Waals surface area (Å²) in [5, 5.41) is 13.3. The van der Waals surface area contributed by atoms with Crippen molar-refractivity contribution in [3.8, 4) is 22.5 Å². The van der Waals surface area contributed by atoms with Crippen molar-refractivity contribution in [1.82, 2.24) is 24.6 Å². The average molecular weight is 575 g/mol. The zero-order chi connectivity index (χ0) is 29.9. The van der Waals surface area contributed by atoms with Crippen LogP contribution in [0.15, 0.2) is 59.8 Å². The minimum atomic E-state index is -4.70. The molecule has 41 heavy (non-hydrogen) atoms. The summed E-state index contributed by atoms with van der Waals surface area (Å²) in [5.41, 5.74) is -0.521. The van der Waals surface area contributed by atoms with Gasteiger partial charge in [-0.2, -0.15) is 13.2 Å². The number of anilines is 1. The summed E-state index contributed by atoms with van der Waals surface area (Å²) in [7, 11) is 1.65. The Morgan fingerprint density at radius 3 is 2.44 bits per heavy atom. The van der Waals surface area contributed by atoms with Gasteiger partial charge in [-0.05, 0) is 65.6 Å². The van der Waals surface area contributed by atoms with Crippen molar-refractivity contribution < 1.29 is 26.7 Å². The van der Waals surface area contributed by atoms with E-state index in [1.165, 1.54) is 42.7 Å². The van der Waals surface area contributed by atoms with Crippen LogP contribution in [-0.4, -0.2) is 38.0 Å². The van der Waals surface area contributed by atoms with Crippen molar-refractivity contribution >= 4 is 11.6 Å². The number of hydrogen-bond acceptors (Lipinski definition) is 5.